The Morgan fingerprint density at radius 2 is 2.21 bits per heavy atom. The Hall–Kier alpha value is -0.940. The summed E-state index contributed by atoms with van der Waals surface area (Å²) < 4.78 is 0. The molecule has 19 heavy (non-hydrogen) atoms. The van der Waals surface area contributed by atoms with Crippen molar-refractivity contribution in [3.63, 3.8) is 0 Å². The van der Waals surface area contributed by atoms with E-state index in [1.165, 1.54) is 5.56 Å². The maximum Gasteiger partial charge on any atom is 0.154 e. The summed E-state index contributed by atoms with van der Waals surface area (Å²) in [5.41, 5.74) is 6.11. The van der Waals surface area contributed by atoms with E-state index in [1.54, 1.807) is 6.92 Å². The molecule has 3 N–H and O–H groups in total. The molecule has 1 aromatic rings. The Kier molecular flexibility index (Phi) is 4.58. The Morgan fingerprint density at radius 3 is 2.84 bits per heavy atom. The van der Waals surface area contributed by atoms with Gasteiger partial charge < -0.3 is 5.73 Å². The van der Waals surface area contributed by atoms with Gasteiger partial charge in [-0.3, -0.25) is 15.0 Å². The van der Waals surface area contributed by atoms with Crippen LogP contribution < -0.4 is 11.1 Å². The van der Waals surface area contributed by atoms with E-state index in [2.05, 4.69) is 10.2 Å². The van der Waals surface area contributed by atoms with Crippen LogP contribution in [0.3, 0.4) is 0 Å². The van der Waals surface area contributed by atoms with Crippen LogP contribution in [0.25, 0.3) is 0 Å². The number of aldehydes is 1. The van der Waals surface area contributed by atoms with Crippen molar-refractivity contribution in [3.8, 4) is 0 Å². The molecular formula is C14H20ClN3O. The number of nitrogens with zero attached hydrogens (tertiary/aromatic N) is 1. The molecule has 104 valence electrons. The molecule has 1 unspecified atom stereocenters. The topological polar surface area (TPSA) is 58.4 Å². The first-order valence-electron chi connectivity index (χ1n) is 6.48. The lowest BCUT2D eigenvalue weighted by Gasteiger charge is -2.24. The van der Waals surface area contributed by atoms with Crippen LogP contribution in [-0.2, 0) is 11.3 Å². The highest BCUT2D eigenvalue weighted by molar-refractivity contribution is 6.30. The van der Waals surface area contributed by atoms with E-state index in [1.807, 2.05) is 24.3 Å². The lowest BCUT2D eigenvalue weighted by Crippen LogP contribution is -2.56. The standard InChI is InChI=1S/C14H20ClN3O/c1-14(16,10-19)17-13-6-7-18(9-13)8-11-2-4-12(15)5-3-11/h2-5,10,13,17H,6-9,16H2,1H3/t13?,14-/m0/s1. The fourth-order valence-corrected chi connectivity index (χ4v) is 2.54. The van der Waals surface area contributed by atoms with E-state index in [0.717, 1.165) is 37.4 Å². The molecule has 0 spiro atoms. The normalized spacial score (nSPS) is 23.2. The van der Waals surface area contributed by atoms with Crippen LogP contribution in [0.4, 0.5) is 0 Å². The largest absolute Gasteiger partial charge is 0.308 e. The number of hydrogen-bond acceptors (Lipinski definition) is 4. The molecule has 0 amide bonds. The summed E-state index contributed by atoms with van der Waals surface area (Å²) >= 11 is 5.87. The third-order valence-corrected chi connectivity index (χ3v) is 3.60. The van der Waals surface area contributed by atoms with Gasteiger partial charge >= 0.3 is 0 Å². The van der Waals surface area contributed by atoms with Gasteiger partial charge in [-0.1, -0.05) is 23.7 Å². The molecule has 1 fully saturated rings. The summed E-state index contributed by atoms with van der Waals surface area (Å²) in [6.07, 6.45) is 1.77. The molecule has 1 aliphatic rings. The van der Waals surface area contributed by atoms with Gasteiger partial charge in [0, 0.05) is 30.7 Å². The van der Waals surface area contributed by atoms with E-state index < -0.39 is 5.66 Å². The predicted octanol–water partition coefficient (Wildman–Crippen LogP) is 1.38. The fourth-order valence-electron chi connectivity index (χ4n) is 2.42. The molecule has 5 heteroatoms. The van der Waals surface area contributed by atoms with Crippen LogP contribution in [0.5, 0.6) is 0 Å². The van der Waals surface area contributed by atoms with E-state index in [-0.39, 0.29) is 6.04 Å². The lowest BCUT2D eigenvalue weighted by atomic mass is 10.2. The fraction of sp³-hybridized carbons (Fsp3) is 0.500. The van der Waals surface area contributed by atoms with Gasteiger partial charge in [0.15, 0.2) is 6.29 Å². The number of halogens is 1. The van der Waals surface area contributed by atoms with Gasteiger partial charge in [0.25, 0.3) is 0 Å². The zero-order valence-electron chi connectivity index (χ0n) is 11.1. The van der Waals surface area contributed by atoms with Crippen LogP contribution in [0, 0.1) is 0 Å². The van der Waals surface area contributed by atoms with Gasteiger partial charge in [-0.15, -0.1) is 0 Å². The van der Waals surface area contributed by atoms with Gasteiger partial charge in [0.1, 0.15) is 5.66 Å². The summed E-state index contributed by atoms with van der Waals surface area (Å²) in [5, 5.41) is 3.94. The van der Waals surface area contributed by atoms with Crippen molar-refractivity contribution in [2.24, 2.45) is 5.73 Å². The maximum atomic E-state index is 10.8. The molecule has 4 nitrogen and oxygen atoms in total. The van der Waals surface area contributed by atoms with Crippen molar-refractivity contribution in [1.82, 2.24) is 10.2 Å². The zero-order valence-corrected chi connectivity index (χ0v) is 11.9. The highest BCUT2D eigenvalue weighted by Gasteiger charge is 2.27. The maximum absolute atomic E-state index is 10.8. The van der Waals surface area contributed by atoms with Gasteiger partial charge in [0.05, 0.1) is 0 Å². The molecule has 1 heterocycles. The number of carbonyl (C=O) groups excluding carboxylic acids is 1. The summed E-state index contributed by atoms with van der Waals surface area (Å²) in [6, 6.07) is 8.17. The molecule has 0 saturated carbocycles. The summed E-state index contributed by atoms with van der Waals surface area (Å²) in [6.45, 7) is 4.51. The first-order valence-corrected chi connectivity index (χ1v) is 6.86. The van der Waals surface area contributed by atoms with Crippen molar-refractivity contribution in [1.29, 1.82) is 0 Å². The van der Waals surface area contributed by atoms with Crippen molar-refractivity contribution < 1.29 is 4.79 Å². The lowest BCUT2D eigenvalue weighted by molar-refractivity contribution is -0.113. The molecular weight excluding hydrogens is 262 g/mol. The molecule has 1 aliphatic heterocycles. The Labute approximate surface area is 118 Å². The van der Waals surface area contributed by atoms with E-state index in [9.17, 15) is 4.79 Å². The third-order valence-electron chi connectivity index (χ3n) is 3.35. The first kappa shape index (κ1) is 14.5. The quantitative estimate of drug-likeness (QED) is 0.632. The highest BCUT2D eigenvalue weighted by atomic mass is 35.5. The second-order valence-electron chi connectivity index (χ2n) is 5.39. The van der Waals surface area contributed by atoms with Crippen LogP contribution in [0.1, 0.15) is 18.9 Å². The Bertz CT molecular complexity index is 433. The smallest absolute Gasteiger partial charge is 0.154 e. The molecule has 1 aromatic carbocycles. The second-order valence-corrected chi connectivity index (χ2v) is 5.83. The summed E-state index contributed by atoms with van der Waals surface area (Å²) in [5.74, 6) is 0. The van der Waals surface area contributed by atoms with Gasteiger partial charge in [-0.2, -0.15) is 0 Å². The molecule has 2 atom stereocenters. The molecule has 2 rings (SSSR count). The monoisotopic (exact) mass is 281 g/mol. The number of hydrogen-bond donors (Lipinski definition) is 2. The number of carbonyl (C=O) groups is 1. The van der Waals surface area contributed by atoms with Crippen LogP contribution in [-0.4, -0.2) is 36.0 Å². The first-order chi connectivity index (χ1) is 8.98. The molecule has 0 bridgehead atoms. The van der Waals surface area contributed by atoms with Crippen LogP contribution in [0.15, 0.2) is 24.3 Å². The van der Waals surface area contributed by atoms with Gasteiger partial charge in [-0.05, 0) is 31.0 Å². The Balaban J connectivity index is 1.85. The Morgan fingerprint density at radius 1 is 1.53 bits per heavy atom. The summed E-state index contributed by atoms with van der Waals surface area (Å²) in [7, 11) is 0. The zero-order chi connectivity index (χ0) is 13.9. The number of benzene rings is 1. The van der Waals surface area contributed by atoms with E-state index >= 15 is 0 Å². The predicted molar refractivity (Wildman–Crippen MR) is 76.9 cm³/mol. The third kappa shape index (κ3) is 4.28. The number of nitrogens with two attached hydrogens (primary N) is 1. The van der Waals surface area contributed by atoms with Gasteiger partial charge in [-0.25, -0.2) is 0 Å². The average Bonchev–Trinajstić information content (AvgIpc) is 2.79. The minimum Gasteiger partial charge on any atom is -0.308 e. The second kappa shape index (κ2) is 6.01. The molecule has 0 aliphatic carbocycles. The summed E-state index contributed by atoms with van der Waals surface area (Å²) in [4.78, 5) is 13.2. The average molecular weight is 282 g/mol. The number of nitrogens with one attached hydrogen (secondary N) is 1. The van der Waals surface area contributed by atoms with E-state index in [4.69, 9.17) is 17.3 Å². The van der Waals surface area contributed by atoms with Crippen LogP contribution in [0.2, 0.25) is 5.02 Å². The molecule has 0 radical (unpaired) electrons. The van der Waals surface area contributed by atoms with E-state index in [0.29, 0.717) is 0 Å². The number of rotatable bonds is 5. The van der Waals surface area contributed by atoms with Gasteiger partial charge in [0.2, 0.25) is 0 Å². The minimum absolute atomic E-state index is 0.271. The van der Waals surface area contributed by atoms with Crippen molar-refractivity contribution >= 4 is 17.9 Å². The van der Waals surface area contributed by atoms with Crippen molar-refractivity contribution in [2.75, 3.05) is 13.1 Å². The minimum atomic E-state index is -0.930. The van der Waals surface area contributed by atoms with Crippen molar-refractivity contribution in [3.05, 3.63) is 34.9 Å². The van der Waals surface area contributed by atoms with Crippen molar-refractivity contribution in [2.45, 2.75) is 31.6 Å². The molecule has 0 aromatic heterocycles. The van der Waals surface area contributed by atoms with Crippen LogP contribution >= 0.6 is 11.6 Å². The highest BCUT2D eigenvalue weighted by Crippen LogP contribution is 2.16. The SMILES string of the molecule is C[C@@](N)(C=O)NC1CCN(Cc2ccc(Cl)cc2)C1. The number of likely N-dealkylation sites (tertiary alicyclic amines) is 1. The molecule has 1 saturated heterocycles.